The molecule has 31 heavy (non-hydrogen) atoms. The molecule has 5 heteroatoms. The van der Waals surface area contributed by atoms with Crippen molar-refractivity contribution < 1.29 is 9.59 Å². The number of carbonyl (C=O) groups is 2. The average molecular weight is 428 g/mol. The van der Waals surface area contributed by atoms with Crippen LogP contribution in [-0.4, -0.2) is 65.3 Å². The van der Waals surface area contributed by atoms with Gasteiger partial charge in [0.1, 0.15) is 0 Å². The minimum absolute atomic E-state index is 0.210. The van der Waals surface area contributed by atoms with E-state index < -0.39 is 0 Å². The largest absolute Gasteiger partial charge is 0.340 e. The predicted molar refractivity (Wildman–Crippen MR) is 126 cm³/mol. The lowest BCUT2D eigenvalue weighted by atomic mass is 9.93. The van der Waals surface area contributed by atoms with E-state index >= 15 is 0 Å². The fourth-order valence-electron chi connectivity index (χ4n) is 4.94. The van der Waals surface area contributed by atoms with E-state index in [9.17, 15) is 9.59 Å². The Kier molecular flexibility index (Phi) is 9.85. The van der Waals surface area contributed by atoms with Crippen molar-refractivity contribution in [1.82, 2.24) is 14.7 Å². The van der Waals surface area contributed by atoms with Gasteiger partial charge < -0.3 is 9.80 Å². The van der Waals surface area contributed by atoms with Crippen LogP contribution in [0.4, 0.5) is 0 Å². The van der Waals surface area contributed by atoms with Gasteiger partial charge in [0.05, 0.1) is 0 Å². The van der Waals surface area contributed by atoms with E-state index in [-0.39, 0.29) is 11.8 Å². The maximum atomic E-state index is 12.9. The summed E-state index contributed by atoms with van der Waals surface area (Å²) < 4.78 is 0. The molecule has 1 aliphatic heterocycles. The van der Waals surface area contributed by atoms with Gasteiger partial charge in [0.25, 0.3) is 0 Å². The third kappa shape index (κ3) is 7.64. The first-order chi connectivity index (χ1) is 15.2. The molecule has 5 nitrogen and oxygen atoms in total. The Morgan fingerprint density at radius 2 is 1.65 bits per heavy atom. The highest BCUT2D eigenvalue weighted by Crippen LogP contribution is 2.24. The normalized spacial score (nSPS) is 18.2. The number of hydrogen-bond donors (Lipinski definition) is 0. The Morgan fingerprint density at radius 3 is 2.32 bits per heavy atom. The van der Waals surface area contributed by atoms with Crippen LogP contribution in [0.2, 0.25) is 0 Å². The fraction of sp³-hybridized carbons (Fsp3) is 0.692. The molecule has 2 aliphatic rings. The van der Waals surface area contributed by atoms with E-state index in [0.29, 0.717) is 25.4 Å². The maximum Gasteiger partial charge on any atom is 0.224 e. The van der Waals surface area contributed by atoms with Gasteiger partial charge in [-0.25, -0.2) is 0 Å². The van der Waals surface area contributed by atoms with Crippen molar-refractivity contribution in [3.63, 3.8) is 0 Å². The van der Waals surface area contributed by atoms with Crippen LogP contribution in [0.15, 0.2) is 30.3 Å². The lowest BCUT2D eigenvalue weighted by Gasteiger charge is -2.37. The third-order valence-corrected chi connectivity index (χ3v) is 6.87. The summed E-state index contributed by atoms with van der Waals surface area (Å²) in [5, 5.41) is 0. The Labute approximate surface area is 188 Å². The SMILES string of the molecule is CCCCCC(=O)N(CCC(=O)N1CCN(Cc2ccccc2)CC1)C1CCCCC1. The molecule has 1 aromatic rings. The molecule has 0 bridgehead atoms. The number of hydrogen-bond acceptors (Lipinski definition) is 3. The molecule has 0 N–H and O–H groups in total. The molecule has 2 amide bonds. The molecule has 0 atom stereocenters. The molecule has 2 fully saturated rings. The summed E-state index contributed by atoms with van der Waals surface area (Å²) >= 11 is 0. The quantitative estimate of drug-likeness (QED) is 0.518. The molecule has 1 aliphatic carbocycles. The first-order valence-electron chi connectivity index (χ1n) is 12.5. The van der Waals surface area contributed by atoms with Crippen molar-refractivity contribution in [3.8, 4) is 0 Å². The van der Waals surface area contributed by atoms with Gasteiger partial charge in [-0.15, -0.1) is 0 Å². The molecular weight excluding hydrogens is 386 g/mol. The summed E-state index contributed by atoms with van der Waals surface area (Å²) in [7, 11) is 0. The first kappa shape index (κ1) is 23.8. The lowest BCUT2D eigenvalue weighted by Crippen LogP contribution is -2.49. The highest BCUT2D eigenvalue weighted by molar-refractivity contribution is 5.79. The molecule has 1 heterocycles. The van der Waals surface area contributed by atoms with Gasteiger partial charge >= 0.3 is 0 Å². The van der Waals surface area contributed by atoms with Crippen LogP contribution in [0.25, 0.3) is 0 Å². The van der Waals surface area contributed by atoms with E-state index in [1.165, 1.54) is 24.8 Å². The number of unbranched alkanes of at least 4 members (excludes halogenated alkanes) is 2. The van der Waals surface area contributed by atoms with Crippen LogP contribution in [0, 0.1) is 0 Å². The van der Waals surface area contributed by atoms with Crippen LogP contribution in [0.3, 0.4) is 0 Å². The minimum Gasteiger partial charge on any atom is -0.340 e. The number of amides is 2. The first-order valence-corrected chi connectivity index (χ1v) is 12.5. The number of rotatable bonds is 10. The van der Waals surface area contributed by atoms with Gasteiger partial charge in [-0.05, 0) is 24.8 Å². The van der Waals surface area contributed by atoms with Gasteiger partial charge in [0.2, 0.25) is 11.8 Å². The van der Waals surface area contributed by atoms with Crippen molar-refractivity contribution in [1.29, 1.82) is 0 Å². The summed E-state index contributed by atoms with van der Waals surface area (Å²) in [5.41, 5.74) is 1.33. The molecule has 0 unspecified atom stereocenters. The minimum atomic E-state index is 0.210. The summed E-state index contributed by atoms with van der Waals surface area (Å²) in [6.07, 6.45) is 10.2. The lowest BCUT2D eigenvalue weighted by molar-refractivity contribution is -0.137. The van der Waals surface area contributed by atoms with Crippen molar-refractivity contribution in [2.75, 3.05) is 32.7 Å². The summed E-state index contributed by atoms with van der Waals surface area (Å²) in [5.74, 6) is 0.474. The van der Waals surface area contributed by atoms with Gasteiger partial charge in [-0.2, -0.15) is 0 Å². The zero-order valence-corrected chi connectivity index (χ0v) is 19.4. The highest BCUT2D eigenvalue weighted by Gasteiger charge is 2.27. The summed E-state index contributed by atoms with van der Waals surface area (Å²) in [6.45, 7) is 7.13. The van der Waals surface area contributed by atoms with E-state index in [2.05, 4.69) is 41.0 Å². The second-order valence-corrected chi connectivity index (χ2v) is 9.23. The smallest absolute Gasteiger partial charge is 0.224 e. The van der Waals surface area contributed by atoms with Crippen LogP contribution >= 0.6 is 0 Å². The predicted octanol–water partition coefficient (Wildman–Crippen LogP) is 4.46. The second-order valence-electron chi connectivity index (χ2n) is 9.23. The highest BCUT2D eigenvalue weighted by atomic mass is 16.2. The van der Waals surface area contributed by atoms with E-state index in [1.54, 1.807) is 0 Å². The Hall–Kier alpha value is -1.88. The standard InChI is InChI=1S/C26H41N3O2/c1-2-3-6-15-26(31)29(24-13-9-5-10-14-24)17-16-25(30)28-20-18-27(19-21-28)22-23-11-7-4-8-12-23/h4,7-8,11-12,24H,2-3,5-6,9-10,13-22H2,1H3. The van der Waals surface area contributed by atoms with Crippen LogP contribution in [-0.2, 0) is 16.1 Å². The topological polar surface area (TPSA) is 43.9 Å². The molecule has 0 aromatic heterocycles. The molecule has 1 saturated carbocycles. The maximum absolute atomic E-state index is 12.9. The number of piperazine rings is 1. The van der Waals surface area contributed by atoms with Gasteiger partial charge in [-0.3, -0.25) is 14.5 Å². The number of carbonyl (C=O) groups excluding carboxylic acids is 2. The third-order valence-electron chi connectivity index (χ3n) is 6.87. The monoisotopic (exact) mass is 427 g/mol. The number of benzene rings is 1. The Morgan fingerprint density at radius 1 is 0.935 bits per heavy atom. The summed E-state index contributed by atoms with van der Waals surface area (Å²) in [4.78, 5) is 32.3. The van der Waals surface area contributed by atoms with E-state index in [4.69, 9.17) is 0 Å². The molecule has 0 radical (unpaired) electrons. The van der Waals surface area contributed by atoms with Gasteiger partial charge in [-0.1, -0.05) is 69.4 Å². The van der Waals surface area contributed by atoms with Gasteiger partial charge in [0.15, 0.2) is 0 Å². The molecule has 3 rings (SSSR count). The average Bonchev–Trinajstić information content (AvgIpc) is 2.81. The van der Waals surface area contributed by atoms with Gasteiger partial charge in [0, 0.05) is 58.2 Å². The Balaban J connectivity index is 1.45. The number of nitrogens with zero attached hydrogens (tertiary/aromatic N) is 3. The zero-order chi connectivity index (χ0) is 21.9. The summed E-state index contributed by atoms with van der Waals surface area (Å²) in [6, 6.07) is 10.9. The molecule has 1 aromatic carbocycles. The fourth-order valence-corrected chi connectivity index (χ4v) is 4.94. The van der Waals surface area contributed by atoms with Crippen LogP contribution in [0.5, 0.6) is 0 Å². The van der Waals surface area contributed by atoms with Crippen molar-refractivity contribution in [2.45, 2.75) is 83.7 Å². The van der Waals surface area contributed by atoms with Crippen LogP contribution in [0.1, 0.15) is 76.7 Å². The molecule has 172 valence electrons. The zero-order valence-electron chi connectivity index (χ0n) is 19.4. The van der Waals surface area contributed by atoms with Crippen molar-refractivity contribution in [3.05, 3.63) is 35.9 Å². The van der Waals surface area contributed by atoms with Crippen molar-refractivity contribution in [2.24, 2.45) is 0 Å². The van der Waals surface area contributed by atoms with Crippen LogP contribution < -0.4 is 0 Å². The van der Waals surface area contributed by atoms with E-state index in [0.717, 1.165) is 64.8 Å². The second kappa shape index (κ2) is 12.8. The Bertz CT molecular complexity index is 664. The molecule has 0 spiro atoms. The van der Waals surface area contributed by atoms with E-state index in [1.807, 2.05) is 11.0 Å². The molecular formula is C26H41N3O2. The van der Waals surface area contributed by atoms with Crippen molar-refractivity contribution >= 4 is 11.8 Å². The molecule has 1 saturated heterocycles.